The molecule has 5 heteroatoms. The molecule has 1 N–H and O–H groups in total. The number of aryl methyl sites for hydroxylation is 2. The second-order valence-electron chi connectivity index (χ2n) is 6.07. The Balaban J connectivity index is 1.67. The van der Waals surface area contributed by atoms with Crippen molar-refractivity contribution in [3.63, 3.8) is 0 Å². The van der Waals surface area contributed by atoms with Crippen molar-refractivity contribution in [2.45, 2.75) is 20.5 Å². The molecule has 126 valence electrons. The van der Waals surface area contributed by atoms with Gasteiger partial charge in [-0.25, -0.2) is 4.79 Å². The molecule has 0 radical (unpaired) electrons. The number of rotatable bonds is 3. The number of aromatic nitrogens is 1. The summed E-state index contributed by atoms with van der Waals surface area (Å²) in [6.07, 6.45) is 1.57. The zero-order valence-electron chi connectivity index (χ0n) is 14.2. The van der Waals surface area contributed by atoms with E-state index in [1.54, 1.807) is 11.1 Å². The van der Waals surface area contributed by atoms with Crippen LogP contribution in [0.2, 0.25) is 0 Å². The number of piperazine rings is 1. The molecule has 0 bridgehead atoms. The van der Waals surface area contributed by atoms with Crippen molar-refractivity contribution < 1.29 is 9.53 Å². The lowest BCUT2D eigenvalue weighted by molar-refractivity contribution is 0.0917. The van der Waals surface area contributed by atoms with Crippen molar-refractivity contribution in [2.75, 3.05) is 26.2 Å². The van der Waals surface area contributed by atoms with Gasteiger partial charge in [-0.2, -0.15) is 0 Å². The first kappa shape index (κ1) is 16.5. The van der Waals surface area contributed by atoms with E-state index in [2.05, 4.69) is 28.5 Å². The highest BCUT2D eigenvalue weighted by atomic mass is 16.6. The molecule has 1 aromatic carbocycles. The van der Waals surface area contributed by atoms with E-state index in [1.807, 2.05) is 26.0 Å². The lowest BCUT2D eigenvalue weighted by atomic mass is 9.99. The van der Waals surface area contributed by atoms with Crippen LogP contribution in [-0.4, -0.2) is 42.2 Å². The quantitative estimate of drug-likeness (QED) is 0.943. The topological polar surface area (TPSA) is 54.5 Å². The van der Waals surface area contributed by atoms with Crippen molar-refractivity contribution in [1.29, 1.82) is 0 Å². The molecule has 0 unspecified atom stereocenters. The maximum absolute atomic E-state index is 12.1. The van der Waals surface area contributed by atoms with Gasteiger partial charge >= 0.3 is 6.09 Å². The molecule has 24 heavy (non-hydrogen) atoms. The van der Waals surface area contributed by atoms with Crippen molar-refractivity contribution in [3.05, 3.63) is 53.3 Å². The van der Waals surface area contributed by atoms with Gasteiger partial charge in [0.25, 0.3) is 0 Å². The third-order valence-electron chi connectivity index (χ3n) is 4.39. The lowest BCUT2D eigenvalue weighted by Gasteiger charge is -2.26. The van der Waals surface area contributed by atoms with E-state index in [0.29, 0.717) is 19.7 Å². The van der Waals surface area contributed by atoms with Crippen molar-refractivity contribution in [2.24, 2.45) is 0 Å². The van der Waals surface area contributed by atoms with Gasteiger partial charge in [0.2, 0.25) is 0 Å². The second-order valence-corrected chi connectivity index (χ2v) is 6.07. The van der Waals surface area contributed by atoms with E-state index in [-0.39, 0.29) is 6.09 Å². The summed E-state index contributed by atoms with van der Waals surface area (Å²) in [4.78, 5) is 18.2. The van der Waals surface area contributed by atoms with Gasteiger partial charge in [0.1, 0.15) is 6.61 Å². The molecule has 2 aromatic rings. The van der Waals surface area contributed by atoms with Crippen LogP contribution in [0.3, 0.4) is 0 Å². The number of benzene rings is 1. The molecule has 5 nitrogen and oxygen atoms in total. The molecule has 3 rings (SSSR count). The average molecular weight is 325 g/mol. The SMILES string of the molecule is Cc1cc(-c2cccnc2C)ccc1COC(=O)N1CCNCC1. The maximum Gasteiger partial charge on any atom is 0.410 e. The molecular formula is C19H23N3O2. The first-order chi connectivity index (χ1) is 11.6. The summed E-state index contributed by atoms with van der Waals surface area (Å²) >= 11 is 0. The fourth-order valence-corrected chi connectivity index (χ4v) is 2.89. The highest BCUT2D eigenvalue weighted by molar-refractivity contribution is 5.68. The van der Waals surface area contributed by atoms with Crippen LogP contribution < -0.4 is 5.32 Å². The monoisotopic (exact) mass is 325 g/mol. The minimum atomic E-state index is -0.233. The Hall–Kier alpha value is -2.40. The molecular weight excluding hydrogens is 302 g/mol. The van der Waals surface area contributed by atoms with Crippen molar-refractivity contribution in [3.8, 4) is 11.1 Å². The summed E-state index contributed by atoms with van der Waals surface area (Å²) in [6.45, 7) is 7.42. The summed E-state index contributed by atoms with van der Waals surface area (Å²) in [5.74, 6) is 0. The van der Waals surface area contributed by atoms with Crippen LogP contribution >= 0.6 is 0 Å². The van der Waals surface area contributed by atoms with E-state index in [1.165, 1.54) is 0 Å². The van der Waals surface area contributed by atoms with E-state index < -0.39 is 0 Å². The molecule has 0 atom stereocenters. The van der Waals surface area contributed by atoms with E-state index in [9.17, 15) is 4.79 Å². The number of nitrogens with one attached hydrogen (secondary N) is 1. The van der Waals surface area contributed by atoms with Crippen LogP contribution in [0.15, 0.2) is 36.5 Å². The molecule has 2 heterocycles. The number of ether oxygens (including phenoxy) is 1. The molecule has 1 aliphatic rings. The van der Waals surface area contributed by atoms with Crippen LogP contribution in [0.25, 0.3) is 11.1 Å². The van der Waals surface area contributed by atoms with Gasteiger partial charge < -0.3 is 15.0 Å². The highest BCUT2D eigenvalue weighted by Crippen LogP contribution is 2.24. The summed E-state index contributed by atoms with van der Waals surface area (Å²) in [5.41, 5.74) is 5.42. The Bertz CT molecular complexity index is 724. The Kier molecular flexibility index (Phi) is 5.11. The normalized spacial score (nSPS) is 14.5. The van der Waals surface area contributed by atoms with Crippen molar-refractivity contribution in [1.82, 2.24) is 15.2 Å². The van der Waals surface area contributed by atoms with Crippen molar-refractivity contribution >= 4 is 6.09 Å². The van der Waals surface area contributed by atoms with Gasteiger partial charge in [-0.1, -0.05) is 24.3 Å². The molecule has 0 spiro atoms. The van der Waals surface area contributed by atoms with Gasteiger partial charge in [0, 0.05) is 43.6 Å². The van der Waals surface area contributed by atoms with Crippen LogP contribution in [0.4, 0.5) is 4.79 Å². The number of hydrogen-bond acceptors (Lipinski definition) is 4. The standard InChI is InChI=1S/C19H23N3O2/c1-14-12-16(18-4-3-7-21-15(18)2)5-6-17(14)13-24-19(23)22-10-8-20-9-11-22/h3-7,12,20H,8-11,13H2,1-2H3. The molecule has 0 aliphatic carbocycles. The maximum atomic E-state index is 12.1. The van der Waals surface area contributed by atoms with Gasteiger partial charge in [-0.05, 0) is 36.6 Å². The second kappa shape index (κ2) is 7.45. The molecule has 1 amide bonds. The summed E-state index contributed by atoms with van der Waals surface area (Å²) in [7, 11) is 0. The Morgan fingerprint density at radius 1 is 1.25 bits per heavy atom. The van der Waals surface area contributed by atoms with Crippen LogP contribution in [0.5, 0.6) is 0 Å². The summed E-state index contributed by atoms with van der Waals surface area (Å²) in [6, 6.07) is 10.2. The van der Waals surface area contributed by atoms with E-state index in [0.717, 1.165) is 41.0 Å². The Morgan fingerprint density at radius 2 is 2.04 bits per heavy atom. The predicted molar refractivity (Wildman–Crippen MR) is 93.8 cm³/mol. The molecule has 1 aliphatic heterocycles. The Morgan fingerprint density at radius 3 is 2.75 bits per heavy atom. The largest absolute Gasteiger partial charge is 0.445 e. The number of amides is 1. The van der Waals surface area contributed by atoms with Crippen LogP contribution in [0.1, 0.15) is 16.8 Å². The summed E-state index contributed by atoms with van der Waals surface area (Å²) < 4.78 is 5.46. The first-order valence-electron chi connectivity index (χ1n) is 8.29. The average Bonchev–Trinajstić information content (AvgIpc) is 2.61. The number of carbonyl (C=O) groups is 1. The molecule has 1 aromatic heterocycles. The third-order valence-corrected chi connectivity index (χ3v) is 4.39. The van der Waals surface area contributed by atoms with Gasteiger partial charge in [-0.3, -0.25) is 4.98 Å². The molecule has 1 fully saturated rings. The van der Waals surface area contributed by atoms with Crippen LogP contribution in [0, 0.1) is 13.8 Å². The molecule has 0 saturated carbocycles. The Labute approximate surface area is 142 Å². The van der Waals surface area contributed by atoms with E-state index in [4.69, 9.17) is 4.74 Å². The number of hydrogen-bond donors (Lipinski definition) is 1. The van der Waals surface area contributed by atoms with Gasteiger partial charge in [0.15, 0.2) is 0 Å². The van der Waals surface area contributed by atoms with Gasteiger partial charge in [-0.15, -0.1) is 0 Å². The minimum absolute atomic E-state index is 0.233. The lowest BCUT2D eigenvalue weighted by Crippen LogP contribution is -2.46. The fourth-order valence-electron chi connectivity index (χ4n) is 2.89. The summed E-state index contributed by atoms with van der Waals surface area (Å²) in [5, 5.41) is 3.22. The molecule has 1 saturated heterocycles. The zero-order valence-corrected chi connectivity index (χ0v) is 14.2. The van der Waals surface area contributed by atoms with Gasteiger partial charge in [0.05, 0.1) is 0 Å². The predicted octanol–water partition coefficient (Wildman–Crippen LogP) is 2.91. The number of pyridine rings is 1. The number of nitrogens with zero attached hydrogens (tertiary/aromatic N) is 2. The fraction of sp³-hybridized carbons (Fsp3) is 0.368. The zero-order chi connectivity index (χ0) is 16.9. The minimum Gasteiger partial charge on any atom is -0.445 e. The highest BCUT2D eigenvalue weighted by Gasteiger charge is 2.17. The third kappa shape index (κ3) is 3.74. The van der Waals surface area contributed by atoms with E-state index >= 15 is 0 Å². The smallest absolute Gasteiger partial charge is 0.410 e. The number of carbonyl (C=O) groups excluding carboxylic acids is 1. The van der Waals surface area contributed by atoms with Crippen LogP contribution in [-0.2, 0) is 11.3 Å². The first-order valence-corrected chi connectivity index (χ1v) is 8.29.